The van der Waals surface area contributed by atoms with Crippen LogP contribution in [0.2, 0.25) is 0 Å². The van der Waals surface area contributed by atoms with Crippen molar-refractivity contribution < 1.29 is 13.9 Å². The summed E-state index contributed by atoms with van der Waals surface area (Å²) < 4.78 is 10.8. The number of aromatic nitrogens is 2. The number of nitrogens with one attached hydrogen (secondary N) is 1. The number of aromatic amines is 1. The molecule has 22 heavy (non-hydrogen) atoms. The number of halogens is 1. The Morgan fingerprint density at radius 1 is 1.32 bits per heavy atom. The molecule has 2 aromatic heterocycles. The second-order valence-electron chi connectivity index (χ2n) is 4.62. The van der Waals surface area contributed by atoms with Crippen molar-refractivity contribution in [3.05, 3.63) is 63.0 Å². The molecule has 2 heterocycles. The molecule has 0 saturated carbocycles. The molecule has 3 rings (SSSR count). The molecule has 3 aromatic rings. The van der Waals surface area contributed by atoms with Gasteiger partial charge in [-0.2, -0.15) is 0 Å². The molecule has 1 N–H and O–H groups in total. The van der Waals surface area contributed by atoms with Crippen LogP contribution in [0.4, 0.5) is 0 Å². The second-order valence-corrected chi connectivity index (χ2v) is 5.40. The standard InChI is InChI=1S/C15H11BrN2O4/c1-8(21-15(20)11-6-7-12(16)22-11)13-17-10-5-3-2-4-9(10)14(19)18-13/h2-8H,1H3,(H,17,18,19). The number of rotatable bonds is 3. The Balaban J connectivity index is 1.87. The summed E-state index contributed by atoms with van der Waals surface area (Å²) in [6, 6.07) is 10.0. The average Bonchev–Trinajstić information content (AvgIpc) is 2.94. The topological polar surface area (TPSA) is 85.2 Å². The summed E-state index contributed by atoms with van der Waals surface area (Å²) in [6.45, 7) is 1.63. The van der Waals surface area contributed by atoms with Crippen LogP contribution in [0.1, 0.15) is 29.4 Å². The third-order valence-electron chi connectivity index (χ3n) is 3.07. The minimum atomic E-state index is -0.714. The number of furan rings is 1. The zero-order valence-electron chi connectivity index (χ0n) is 11.5. The fraction of sp³-hybridized carbons (Fsp3) is 0.133. The molecule has 0 radical (unpaired) electrons. The Morgan fingerprint density at radius 3 is 2.82 bits per heavy atom. The van der Waals surface area contributed by atoms with Gasteiger partial charge in [-0.15, -0.1) is 0 Å². The van der Waals surface area contributed by atoms with E-state index in [4.69, 9.17) is 9.15 Å². The molecule has 0 amide bonds. The van der Waals surface area contributed by atoms with E-state index in [0.717, 1.165) is 0 Å². The molecule has 0 spiro atoms. The number of carbonyl (C=O) groups excluding carboxylic acids is 1. The van der Waals surface area contributed by atoms with Crippen molar-refractivity contribution in [2.75, 3.05) is 0 Å². The highest BCUT2D eigenvalue weighted by molar-refractivity contribution is 9.10. The van der Waals surface area contributed by atoms with Gasteiger partial charge in [-0.25, -0.2) is 9.78 Å². The second kappa shape index (κ2) is 5.76. The summed E-state index contributed by atoms with van der Waals surface area (Å²) in [6.07, 6.45) is -0.714. The van der Waals surface area contributed by atoms with Gasteiger partial charge < -0.3 is 14.1 Å². The molecule has 1 unspecified atom stereocenters. The molecule has 112 valence electrons. The van der Waals surface area contributed by atoms with Crippen LogP contribution in [0.3, 0.4) is 0 Å². The van der Waals surface area contributed by atoms with Crippen molar-refractivity contribution in [2.24, 2.45) is 0 Å². The normalized spacial score (nSPS) is 12.3. The van der Waals surface area contributed by atoms with Gasteiger partial charge in [0.05, 0.1) is 10.9 Å². The molecule has 0 fully saturated rings. The Hall–Kier alpha value is -2.41. The quantitative estimate of drug-likeness (QED) is 0.723. The van der Waals surface area contributed by atoms with Crippen LogP contribution in [-0.2, 0) is 4.74 Å². The van der Waals surface area contributed by atoms with Gasteiger partial charge in [0.25, 0.3) is 5.56 Å². The highest BCUT2D eigenvalue weighted by atomic mass is 79.9. The molecule has 0 bridgehead atoms. The molecule has 0 aliphatic carbocycles. The Kier molecular flexibility index (Phi) is 3.81. The predicted molar refractivity (Wildman–Crippen MR) is 82.6 cm³/mol. The molecule has 0 aliphatic rings. The third-order valence-corrected chi connectivity index (χ3v) is 3.50. The number of nitrogens with zero attached hydrogens (tertiary/aromatic N) is 1. The lowest BCUT2D eigenvalue weighted by molar-refractivity contribution is 0.0282. The molecular formula is C15H11BrN2O4. The van der Waals surface area contributed by atoms with Gasteiger partial charge in [-0.05, 0) is 47.1 Å². The van der Waals surface area contributed by atoms with Crippen LogP contribution in [0, 0.1) is 0 Å². The van der Waals surface area contributed by atoms with Gasteiger partial charge in [-0.3, -0.25) is 4.79 Å². The summed E-state index contributed by atoms with van der Waals surface area (Å²) in [7, 11) is 0. The highest BCUT2D eigenvalue weighted by Crippen LogP contribution is 2.19. The van der Waals surface area contributed by atoms with Crippen molar-refractivity contribution in [2.45, 2.75) is 13.0 Å². The van der Waals surface area contributed by atoms with Crippen molar-refractivity contribution in [1.29, 1.82) is 0 Å². The molecule has 1 aromatic carbocycles. The molecule has 6 nitrogen and oxygen atoms in total. The van der Waals surface area contributed by atoms with E-state index in [0.29, 0.717) is 15.6 Å². The first-order valence-corrected chi connectivity index (χ1v) is 7.29. The minimum Gasteiger partial charge on any atom is -0.449 e. The minimum absolute atomic E-state index is 0.0712. The largest absolute Gasteiger partial charge is 0.449 e. The zero-order chi connectivity index (χ0) is 15.7. The number of carbonyl (C=O) groups is 1. The number of esters is 1. The number of H-pyrrole nitrogens is 1. The Labute approximate surface area is 133 Å². The van der Waals surface area contributed by atoms with Gasteiger partial charge in [0.2, 0.25) is 5.76 Å². The van der Waals surface area contributed by atoms with E-state index in [1.165, 1.54) is 6.07 Å². The van der Waals surface area contributed by atoms with Gasteiger partial charge in [0, 0.05) is 0 Å². The number of hydrogen-bond donors (Lipinski definition) is 1. The Morgan fingerprint density at radius 2 is 2.09 bits per heavy atom. The van der Waals surface area contributed by atoms with Crippen LogP contribution in [0.5, 0.6) is 0 Å². The number of ether oxygens (including phenoxy) is 1. The van der Waals surface area contributed by atoms with Crippen LogP contribution in [-0.4, -0.2) is 15.9 Å². The lowest BCUT2D eigenvalue weighted by Gasteiger charge is -2.12. The molecule has 7 heteroatoms. The molecule has 0 aliphatic heterocycles. The molecule has 1 atom stereocenters. The van der Waals surface area contributed by atoms with Crippen LogP contribution in [0.15, 0.2) is 50.3 Å². The molecular weight excluding hydrogens is 352 g/mol. The van der Waals surface area contributed by atoms with E-state index in [2.05, 4.69) is 25.9 Å². The van der Waals surface area contributed by atoms with Crippen LogP contribution in [0.25, 0.3) is 10.9 Å². The summed E-state index contributed by atoms with van der Waals surface area (Å²) in [5.74, 6) is -0.279. The first-order valence-electron chi connectivity index (χ1n) is 6.50. The van der Waals surface area contributed by atoms with Gasteiger partial charge >= 0.3 is 5.97 Å². The van der Waals surface area contributed by atoms with Crippen molar-refractivity contribution in [3.63, 3.8) is 0 Å². The summed E-state index contributed by atoms with van der Waals surface area (Å²) >= 11 is 3.11. The first kappa shape index (κ1) is 14.5. The van der Waals surface area contributed by atoms with E-state index in [1.54, 1.807) is 37.3 Å². The number of para-hydroxylation sites is 1. The smallest absolute Gasteiger partial charge is 0.374 e. The van der Waals surface area contributed by atoms with Crippen LogP contribution < -0.4 is 5.56 Å². The third kappa shape index (κ3) is 2.80. The van der Waals surface area contributed by atoms with Crippen molar-refractivity contribution >= 4 is 32.8 Å². The number of hydrogen-bond acceptors (Lipinski definition) is 5. The fourth-order valence-corrected chi connectivity index (χ4v) is 2.30. The number of fused-ring (bicyclic) bond motifs is 1. The first-order chi connectivity index (χ1) is 10.5. The fourth-order valence-electron chi connectivity index (χ4n) is 2.00. The zero-order valence-corrected chi connectivity index (χ0v) is 13.1. The lowest BCUT2D eigenvalue weighted by Crippen LogP contribution is -2.17. The van der Waals surface area contributed by atoms with Crippen molar-refractivity contribution in [3.8, 4) is 0 Å². The van der Waals surface area contributed by atoms with E-state index in [1.807, 2.05) is 0 Å². The maximum Gasteiger partial charge on any atom is 0.374 e. The maximum absolute atomic E-state index is 12.0. The average molecular weight is 363 g/mol. The molecule has 0 saturated heterocycles. The predicted octanol–water partition coefficient (Wildman–Crippen LogP) is 3.20. The van der Waals surface area contributed by atoms with Crippen LogP contribution >= 0.6 is 15.9 Å². The van der Waals surface area contributed by atoms with E-state index in [-0.39, 0.29) is 17.1 Å². The van der Waals surface area contributed by atoms with Gasteiger partial charge in [0.1, 0.15) is 0 Å². The Bertz CT molecular complexity index is 900. The van der Waals surface area contributed by atoms with Gasteiger partial charge in [0.15, 0.2) is 16.6 Å². The summed E-state index contributed by atoms with van der Waals surface area (Å²) in [5, 5.41) is 0.486. The maximum atomic E-state index is 12.0. The van der Waals surface area contributed by atoms with E-state index < -0.39 is 12.1 Å². The number of benzene rings is 1. The van der Waals surface area contributed by atoms with Gasteiger partial charge in [-0.1, -0.05) is 12.1 Å². The lowest BCUT2D eigenvalue weighted by atomic mass is 10.2. The SMILES string of the molecule is CC(OC(=O)c1ccc(Br)o1)c1nc2ccccc2c(=O)[nH]1. The van der Waals surface area contributed by atoms with Crippen molar-refractivity contribution in [1.82, 2.24) is 9.97 Å². The van der Waals surface area contributed by atoms with E-state index >= 15 is 0 Å². The monoisotopic (exact) mass is 362 g/mol. The van der Waals surface area contributed by atoms with E-state index in [9.17, 15) is 9.59 Å². The summed E-state index contributed by atoms with van der Waals surface area (Å²) in [5.41, 5.74) is 0.272. The summed E-state index contributed by atoms with van der Waals surface area (Å²) in [4.78, 5) is 30.9. The highest BCUT2D eigenvalue weighted by Gasteiger charge is 2.19.